The number of nitrogens with zero attached hydrogens (tertiary/aromatic N) is 3. The van der Waals surface area contributed by atoms with Gasteiger partial charge in [-0.15, -0.1) is 0 Å². The zero-order valence-electron chi connectivity index (χ0n) is 14.0. The summed E-state index contributed by atoms with van der Waals surface area (Å²) in [5, 5.41) is 4.22. The quantitative estimate of drug-likeness (QED) is 0.901. The van der Waals surface area contributed by atoms with E-state index in [2.05, 4.69) is 11.9 Å². The van der Waals surface area contributed by atoms with Crippen LogP contribution in [0.2, 0.25) is 5.02 Å². The molecule has 130 valence electrons. The Morgan fingerprint density at radius 1 is 1.29 bits per heavy atom. The lowest BCUT2D eigenvalue weighted by Crippen LogP contribution is -2.55. The summed E-state index contributed by atoms with van der Waals surface area (Å²) in [6.45, 7) is 1.01. The first-order valence-corrected chi connectivity index (χ1v) is 8.50. The molecule has 2 unspecified atom stereocenters. The molecule has 7 heteroatoms. The largest absolute Gasteiger partial charge is 0.366 e. The first kappa shape index (κ1) is 17.1. The molecule has 2 aliphatic rings. The molecule has 1 fully saturated rings. The highest BCUT2D eigenvalue weighted by molar-refractivity contribution is 6.30. The van der Waals surface area contributed by atoms with E-state index in [0.29, 0.717) is 10.6 Å². The van der Waals surface area contributed by atoms with Crippen molar-refractivity contribution in [3.8, 4) is 0 Å². The van der Waals surface area contributed by atoms with Gasteiger partial charge >= 0.3 is 0 Å². The molecule has 0 aromatic heterocycles. The number of nitrogens with two attached hydrogens (primary N) is 1. The van der Waals surface area contributed by atoms with Crippen molar-refractivity contribution >= 4 is 23.2 Å². The van der Waals surface area contributed by atoms with E-state index in [9.17, 15) is 4.79 Å². The number of piperidine rings is 1. The van der Waals surface area contributed by atoms with E-state index in [0.717, 1.165) is 25.1 Å². The number of carbonyl (C=O) groups excluding carboxylic acids is 1. The van der Waals surface area contributed by atoms with Gasteiger partial charge in [0.25, 0.3) is 0 Å². The van der Waals surface area contributed by atoms with Crippen LogP contribution in [0.15, 0.2) is 36.0 Å². The topological polar surface area (TPSA) is 62.0 Å². The predicted molar refractivity (Wildman–Crippen MR) is 94.1 cm³/mol. The molecule has 2 atom stereocenters. The standard InChI is InChI=1S/C17H23ClN4O2/c1-20-10-4-3-5-15(20)16-14(17(19)23)11-21(24-2)22(16)13-8-6-12(18)7-9-13/h6-9,11,15-16H,3-5,10H2,1-2H3,(H2,19,23). The van der Waals surface area contributed by atoms with Crippen LogP contribution >= 0.6 is 11.6 Å². The molecule has 0 spiro atoms. The number of halogens is 1. The Kier molecular flexibility index (Phi) is 4.99. The molecule has 2 N–H and O–H groups in total. The number of likely N-dealkylation sites (N-methyl/N-ethyl adjacent to an activating group) is 1. The number of hydrazine groups is 1. The Morgan fingerprint density at radius 3 is 2.58 bits per heavy atom. The zero-order valence-corrected chi connectivity index (χ0v) is 14.7. The van der Waals surface area contributed by atoms with Crippen LogP contribution < -0.4 is 10.7 Å². The fraction of sp³-hybridized carbons (Fsp3) is 0.471. The van der Waals surface area contributed by atoms with Gasteiger partial charge < -0.3 is 10.6 Å². The first-order chi connectivity index (χ1) is 11.5. The third kappa shape index (κ3) is 3.09. The normalized spacial score (nSPS) is 25.0. The van der Waals surface area contributed by atoms with Crippen molar-refractivity contribution in [1.82, 2.24) is 10.1 Å². The fourth-order valence-electron chi connectivity index (χ4n) is 3.60. The molecule has 1 aromatic carbocycles. The van der Waals surface area contributed by atoms with Crippen LogP contribution in [0.1, 0.15) is 19.3 Å². The lowest BCUT2D eigenvalue weighted by molar-refractivity contribution is -0.114. The molecule has 24 heavy (non-hydrogen) atoms. The summed E-state index contributed by atoms with van der Waals surface area (Å²) in [6, 6.07) is 7.50. The second-order valence-corrected chi connectivity index (χ2v) is 6.68. The van der Waals surface area contributed by atoms with Gasteiger partial charge in [-0.25, -0.2) is 0 Å². The van der Waals surface area contributed by atoms with Gasteiger partial charge in [0, 0.05) is 11.1 Å². The summed E-state index contributed by atoms with van der Waals surface area (Å²) in [5.41, 5.74) is 7.13. The summed E-state index contributed by atoms with van der Waals surface area (Å²) >= 11 is 6.02. The van der Waals surface area contributed by atoms with Crippen molar-refractivity contribution in [1.29, 1.82) is 0 Å². The minimum absolute atomic E-state index is 0.186. The zero-order chi connectivity index (χ0) is 17.3. The maximum Gasteiger partial charge on any atom is 0.248 e. The number of hydrogen-bond donors (Lipinski definition) is 1. The van der Waals surface area contributed by atoms with E-state index < -0.39 is 5.91 Å². The summed E-state index contributed by atoms with van der Waals surface area (Å²) in [5.74, 6) is -0.419. The number of likely N-dealkylation sites (tertiary alicyclic amines) is 1. The van der Waals surface area contributed by atoms with Gasteiger partial charge in [-0.1, -0.05) is 18.0 Å². The molecule has 1 amide bonds. The minimum atomic E-state index is -0.419. The minimum Gasteiger partial charge on any atom is -0.366 e. The summed E-state index contributed by atoms with van der Waals surface area (Å²) in [4.78, 5) is 19.8. The van der Waals surface area contributed by atoms with Crippen LogP contribution in [0.3, 0.4) is 0 Å². The van der Waals surface area contributed by atoms with Crippen molar-refractivity contribution < 1.29 is 9.63 Å². The number of amides is 1. The molecule has 1 aromatic rings. The van der Waals surface area contributed by atoms with E-state index >= 15 is 0 Å². The van der Waals surface area contributed by atoms with Gasteiger partial charge in [0.05, 0.1) is 24.6 Å². The number of hydrogen-bond acceptors (Lipinski definition) is 5. The molecular formula is C17H23ClN4O2. The highest BCUT2D eigenvalue weighted by Gasteiger charge is 2.43. The monoisotopic (exact) mass is 350 g/mol. The van der Waals surface area contributed by atoms with Gasteiger partial charge in [0.2, 0.25) is 5.91 Å². The molecule has 2 heterocycles. The van der Waals surface area contributed by atoms with Crippen molar-refractivity contribution in [3.63, 3.8) is 0 Å². The Labute approximate surface area is 147 Å². The average Bonchev–Trinajstić information content (AvgIpc) is 2.95. The van der Waals surface area contributed by atoms with Crippen LogP contribution in [0.25, 0.3) is 0 Å². The lowest BCUT2D eigenvalue weighted by Gasteiger charge is -2.43. The third-order valence-electron chi connectivity index (χ3n) is 4.80. The number of primary amides is 1. The van der Waals surface area contributed by atoms with Crippen LogP contribution in [0.4, 0.5) is 5.69 Å². The Morgan fingerprint density at radius 2 is 2.00 bits per heavy atom. The van der Waals surface area contributed by atoms with Gasteiger partial charge in [-0.3, -0.25) is 14.6 Å². The summed E-state index contributed by atoms with van der Waals surface area (Å²) in [7, 11) is 3.67. The number of carbonyl (C=O) groups is 1. The third-order valence-corrected chi connectivity index (χ3v) is 5.05. The molecule has 0 saturated carbocycles. The van der Waals surface area contributed by atoms with Gasteiger partial charge in [0.15, 0.2) is 0 Å². The average molecular weight is 351 g/mol. The second-order valence-electron chi connectivity index (χ2n) is 6.24. The molecule has 0 aliphatic carbocycles. The van der Waals surface area contributed by atoms with Gasteiger partial charge in [-0.05, 0) is 50.7 Å². The lowest BCUT2D eigenvalue weighted by atomic mass is 9.91. The highest BCUT2D eigenvalue weighted by Crippen LogP contribution is 2.35. The SMILES string of the molecule is CON1C=C(C(N)=O)C(C2CCCCN2C)N1c1ccc(Cl)cc1. The Bertz CT molecular complexity index is 634. The van der Waals surface area contributed by atoms with E-state index in [4.69, 9.17) is 22.2 Å². The van der Waals surface area contributed by atoms with Crippen LogP contribution in [0, 0.1) is 0 Å². The maximum atomic E-state index is 12.1. The van der Waals surface area contributed by atoms with E-state index in [-0.39, 0.29) is 12.1 Å². The van der Waals surface area contributed by atoms with Crippen molar-refractivity contribution in [2.24, 2.45) is 5.73 Å². The first-order valence-electron chi connectivity index (χ1n) is 8.12. The molecule has 1 saturated heterocycles. The van der Waals surface area contributed by atoms with E-state index in [1.165, 1.54) is 6.42 Å². The Balaban J connectivity index is 2.02. The second kappa shape index (κ2) is 7.01. The summed E-state index contributed by atoms with van der Waals surface area (Å²) < 4.78 is 0. The number of rotatable bonds is 4. The van der Waals surface area contributed by atoms with E-state index in [1.807, 2.05) is 29.3 Å². The number of hydroxylamine groups is 1. The number of anilines is 1. The van der Waals surface area contributed by atoms with Crippen molar-refractivity contribution in [3.05, 3.63) is 41.1 Å². The fourth-order valence-corrected chi connectivity index (χ4v) is 3.73. The molecular weight excluding hydrogens is 328 g/mol. The van der Waals surface area contributed by atoms with Crippen LogP contribution in [0.5, 0.6) is 0 Å². The van der Waals surface area contributed by atoms with Crippen molar-refractivity contribution in [2.45, 2.75) is 31.3 Å². The molecule has 6 nitrogen and oxygen atoms in total. The number of benzene rings is 1. The molecule has 0 bridgehead atoms. The van der Waals surface area contributed by atoms with Crippen LogP contribution in [-0.2, 0) is 9.63 Å². The van der Waals surface area contributed by atoms with Crippen LogP contribution in [-0.4, -0.2) is 48.8 Å². The maximum absolute atomic E-state index is 12.1. The molecule has 0 radical (unpaired) electrons. The predicted octanol–water partition coefficient (Wildman–Crippen LogP) is 2.16. The van der Waals surface area contributed by atoms with E-state index in [1.54, 1.807) is 18.5 Å². The highest BCUT2D eigenvalue weighted by atomic mass is 35.5. The molecule has 3 rings (SSSR count). The summed E-state index contributed by atoms with van der Waals surface area (Å²) in [6.07, 6.45) is 5.00. The van der Waals surface area contributed by atoms with Gasteiger partial charge in [-0.2, -0.15) is 5.17 Å². The van der Waals surface area contributed by atoms with Crippen molar-refractivity contribution in [2.75, 3.05) is 25.7 Å². The molecule has 2 aliphatic heterocycles. The van der Waals surface area contributed by atoms with Gasteiger partial charge in [0.1, 0.15) is 6.04 Å². The Hall–Kier alpha value is -1.76. The smallest absolute Gasteiger partial charge is 0.248 e.